The van der Waals surface area contributed by atoms with Gasteiger partial charge in [-0.25, -0.2) is 4.98 Å². The van der Waals surface area contributed by atoms with Gasteiger partial charge in [0, 0.05) is 11.1 Å². The molecule has 0 atom stereocenters. The van der Waals surface area contributed by atoms with Crippen LogP contribution >= 0.6 is 11.3 Å². The highest BCUT2D eigenvalue weighted by atomic mass is 32.1. The van der Waals surface area contributed by atoms with Gasteiger partial charge in [0.25, 0.3) is 0 Å². The number of nitrogens with zero attached hydrogens (tertiary/aromatic N) is 2. The molecule has 0 unspecified atom stereocenters. The smallest absolute Gasteiger partial charge is 0.134 e. The molecule has 0 fully saturated rings. The third kappa shape index (κ3) is 1.91. The number of rotatable bonds is 3. The number of benzene rings is 1. The molecule has 0 saturated heterocycles. The van der Waals surface area contributed by atoms with E-state index in [1.165, 1.54) is 11.3 Å². The van der Waals surface area contributed by atoms with Crippen molar-refractivity contribution in [3.8, 4) is 28.8 Å². The molecule has 0 bridgehead atoms. The summed E-state index contributed by atoms with van der Waals surface area (Å²) >= 11 is 1.32. The van der Waals surface area contributed by atoms with Crippen LogP contribution in [0, 0.1) is 18.3 Å². The Balaban J connectivity index is 2.66. The van der Waals surface area contributed by atoms with Crippen LogP contribution in [0.15, 0.2) is 17.6 Å². The first-order chi connectivity index (χ1) is 8.72. The molecule has 1 heterocycles. The van der Waals surface area contributed by atoms with Gasteiger partial charge in [0.1, 0.15) is 28.1 Å². The molecule has 2 aromatic rings. The quantitative estimate of drug-likeness (QED) is 0.851. The number of aromatic nitrogens is 1. The van der Waals surface area contributed by atoms with Gasteiger partial charge in [-0.2, -0.15) is 5.26 Å². The lowest BCUT2D eigenvalue weighted by atomic mass is 10.1. The first-order valence-corrected chi connectivity index (χ1v) is 6.16. The van der Waals surface area contributed by atoms with Crippen LogP contribution < -0.4 is 9.47 Å². The lowest BCUT2D eigenvalue weighted by Crippen LogP contribution is -1.96. The molecule has 5 heteroatoms. The Morgan fingerprint density at radius 2 is 2.06 bits per heavy atom. The minimum Gasteiger partial charge on any atom is -0.496 e. The fourth-order valence-corrected chi connectivity index (χ4v) is 2.45. The largest absolute Gasteiger partial charge is 0.496 e. The molecule has 0 radical (unpaired) electrons. The van der Waals surface area contributed by atoms with E-state index in [1.807, 2.05) is 19.1 Å². The summed E-state index contributed by atoms with van der Waals surface area (Å²) in [5.41, 5.74) is 4.03. The highest BCUT2D eigenvalue weighted by Crippen LogP contribution is 2.38. The van der Waals surface area contributed by atoms with Crippen LogP contribution in [0.25, 0.3) is 11.3 Å². The Labute approximate surface area is 109 Å². The zero-order valence-electron chi connectivity index (χ0n) is 10.4. The fourth-order valence-electron chi connectivity index (χ4n) is 1.86. The normalized spacial score (nSPS) is 9.89. The number of hydrogen-bond acceptors (Lipinski definition) is 5. The topological polar surface area (TPSA) is 55.1 Å². The van der Waals surface area contributed by atoms with Gasteiger partial charge in [-0.05, 0) is 19.1 Å². The third-order valence-corrected chi connectivity index (χ3v) is 3.44. The second kappa shape index (κ2) is 5.07. The zero-order valence-corrected chi connectivity index (χ0v) is 11.2. The predicted molar refractivity (Wildman–Crippen MR) is 70.1 cm³/mol. The molecular formula is C13H12N2O2S. The Morgan fingerprint density at radius 3 is 2.67 bits per heavy atom. The molecule has 2 rings (SSSR count). The van der Waals surface area contributed by atoms with Crippen molar-refractivity contribution in [2.24, 2.45) is 0 Å². The summed E-state index contributed by atoms with van der Waals surface area (Å²) in [7, 11) is 3.22. The molecule has 18 heavy (non-hydrogen) atoms. The summed E-state index contributed by atoms with van der Waals surface area (Å²) in [6.07, 6.45) is 0. The van der Waals surface area contributed by atoms with E-state index in [2.05, 4.69) is 11.1 Å². The highest BCUT2D eigenvalue weighted by molar-refractivity contribution is 7.10. The van der Waals surface area contributed by atoms with Gasteiger partial charge in [-0.3, -0.25) is 0 Å². The van der Waals surface area contributed by atoms with Crippen LogP contribution in [-0.4, -0.2) is 19.2 Å². The summed E-state index contributed by atoms with van der Waals surface area (Å²) in [5, 5.41) is 9.06. The Bertz CT molecular complexity index is 614. The lowest BCUT2D eigenvalue weighted by molar-refractivity contribution is 0.390. The van der Waals surface area contributed by atoms with Gasteiger partial charge in [0.2, 0.25) is 0 Å². The summed E-state index contributed by atoms with van der Waals surface area (Å²) in [5.74, 6) is 1.45. The number of ether oxygens (including phenoxy) is 2. The third-order valence-electron chi connectivity index (χ3n) is 2.70. The van der Waals surface area contributed by atoms with Crippen molar-refractivity contribution in [1.82, 2.24) is 4.98 Å². The van der Waals surface area contributed by atoms with Crippen LogP contribution in [0.2, 0.25) is 0 Å². The maximum atomic E-state index is 9.06. The van der Waals surface area contributed by atoms with E-state index >= 15 is 0 Å². The van der Waals surface area contributed by atoms with Gasteiger partial charge < -0.3 is 9.47 Å². The van der Waals surface area contributed by atoms with Crippen LogP contribution in [0.4, 0.5) is 0 Å². The monoisotopic (exact) mass is 260 g/mol. The molecule has 0 amide bonds. The summed E-state index contributed by atoms with van der Waals surface area (Å²) in [6.45, 7) is 1.92. The van der Waals surface area contributed by atoms with Crippen molar-refractivity contribution in [1.29, 1.82) is 5.26 Å². The van der Waals surface area contributed by atoms with Crippen molar-refractivity contribution in [2.75, 3.05) is 14.2 Å². The number of thiazole rings is 1. The molecule has 0 aliphatic heterocycles. The van der Waals surface area contributed by atoms with Gasteiger partial charge in [-0.1, -0.05) is 0 Å². The van der Waals surface area contributed by atoms with Crippen LogP contribution in [0.3, 0.4) is 0 Å². The molecule has 4 nitrogen and oxygen atoms in total. The second-order valence-corrected chi connectivity index (χ2v) is 4.47. The van der Waals surface area contributed by atoms with Gasteiger partial charge >= 0.3 is 0 Å². The van der Waals surface area contributed by atoms with Crippen molar-refractivity contribution >= 4 is 11.3 Å². The number of methoxy groups -OCH3 is 2. The average Bonchev–Trinajstić information content (AvgIpc) is 2.86. The van der Waals surface area contributed by atoms with Gasteiger partial charge in [0.05, 0.1) is 19.7 Å². The van der Waals surface area contributed by atoms with Crippen LogP contribution in [0.1, 0.15) is 10.4 Å². The van der Waals surface area contributed by atoms with Crippen molar-refractivity contribution in [3.63, 3.8) is 0 Å². The van der Waals surface area contributed by atoms with E-state index < -0.39 is 0 Å². The maximum absolute atomic E-state index is 9.06. The van der Waals surface area contributed by atoms with E-state index in [4.69, 9.17) is 14.7 Å². The molecule has 0 spiro atoms. The summed E-state index contributed by atoms with van der Waals surface area (Å²) in [4.78, 5) is 4.82. The molecule has 1 aromatic heterocycles. The first-order valence-electron chi connectivity index (χ1n) is 5.28. The summed E-state index contributed by atoms with van der Waals surface area (Å²) < 4.78 is 10.7. The van der Waals surface area contributed by atoms with E-state index in [0.717, 1.165) is 16.9 Å². The first kappa shape index (κ1) is 12.4. The van der Waals surface area contributed by atoms with E-state index in [9.17, 15) is 0 Å². The SMILES string of the molecule is COc1ccc(-c2ncsc2C#N)c(OC)c1C. The van der Waals surface area contributed by atoms with Crippen molar-refractivity contribution in [3.05, 3.63) is 28.1 Å². The molecule has 92 valence electrons. The van der Waals surface area contributed by atoms with Gasteiger partial charge in [-0.15, -0.1) is 11.3 Å². The van der Waals surface area contributed by atoms with Crippen LogP contribution in [0.5, 0.6) is 11.5 Å². The Hall–Kier alpha value is -2.06. The van der Waals surface area contributed by atoms with Gasteiger partial charge in [0.15, 0.2) is 0 Å². The fraction of sp³-hybridized carbons (Fsp3) is 0.231. The predicted octanol–water partition coefficient (Wildman–Crippen LogP) is 3.01. The molecule has 1 aromatic carbocycles. The van der Waals surface area contributed by atoms with E-state index in [-0.39, 0.29) is 0 Å². The van der Waals surface area contributed by atoms with E-state index in [1.54, 1.807) is 19.7 Å². The second-order valence-electron chi connectivity index (χ2n) is 3.62. The average molecular weight is 260 g/mol. The molecule has 0 N–H and O–H groups in total. The Morgan fingerprint density at radius 1 is 1.28 bits per heavy atom. The zero-order chi connectivity index (χ0) is 13.1. The molecular weight excluding hydrogens is 248 g/mol. The number of nitriles is 1. The molecule has 0 aliphatic rings. The molecule has 0 saturated carbocycles. The maximum Gasteiger partial charge on any atom is 0.134 e. The summed E-state index contributed by atoms with van der Waals surface area (Å²) in [6, 6.07) is 5.86. The molecule has 0 aliphatic carbocycles. The lowest BCUT2D eigenvalue weighted by Gasteiger charge is -2.13. The Kier molecular flexibility index (Phi) is 3.49. The minimum absolute atomic E-state index is 0.581. The standard InChI is InChI=1S/C13H12N2O2S/c1-8-10(16-2)5-4-9(13(8)17-3)12-11(6-14)18-7-15-12/h4-5,7H,1-3H3. The minimum atomic E-state index is 0.581. The number of hydrogen-bond donors (Lipinski definition) is 0. The highest BCUT2D eigenvalue weighted by Gasteiger charge is 2.17. The van der Waals surface area contributed by atoms with Crippen molar-refractivity contribution < 1.29 is 9.47 Å². The van der Waals surface area contributed by atoms with Crippen molar-refractivity contribution in [2.45, 2.75) is 6.92 Å². The van der Waals surface area contributed by atoms with E-state index in [0.29, 0.717) is 16.3 Å². The van der Waals surface area contributed by atoms with Crippen LogP contribution in [-0.2, 0) is 0 Å².